The summed E-state index contributed by atoms with van der Waals surface area (Å²) in [6, 6.07) is 17.1. The molecule has 0 aliphatic heterocycles. The van der Waals surface area contributed by atoms with Crippen LogP contribution in [0.4, 0.5) is 14.5 Å². The van der Waals surface area contributed by atoms with Crippen LogP contribution in [0.15, 0.2) is 72.8 Å². The molecular weight excluding hydrogens is 548 g/mol. The Bertz CT molecular complexity index is 1420. The lowest BCUT2D eigenvalue weighted by molar-refractivity contribution is -0.140. The van der Waals surface area contributed by atoms with Crippen LogP contribution in [0.25, 0.3) is 0 Å². The number of nitrogens with one attached hydrogen (secondary N) is 1. The Hall–Kier alpha value is -3.50. The summed E-state index contributed by atoms with van der Waals surface area (Å²) in [7, 11) is -4.10. The minimum Gasteiger partial charge on any atom is -0.352 e. The lowest BCUT2D eigenvalue weighted by Crippen LogP contribution is -2.54. The van der Waals surface area contributed by atoms with Gasteiger partial charge in [0, 0.05) is 30.1 Å². The monoisotopic (exact) mass is 577 g/mol. The molecule has 0 aromatic heterocycles. The Balaban J connectivity index is 2.07. The third-order valence-electron chi connectivity index (χ3n) is 5.81. The molecule has 0 spiro atoms. The Morgan fingerprint density at radius 3 is 2.18 bits per heavy atom. The summed E-state index contributed by atoms with van der Waals surface area (Å²) < 4.78 is 53.6. The highest BCUT2D eigenvalue weighted by Crippen LogP contribution is 2.23. The van der Waals surface area contributed by atoms with Gasteiger partial charge in [0.25, 0.3) is 0 Å². The summed E-state index contributed by atoms with van der Waals surface area (Å²) in [5.41, 5.74) is 1.18. The van der Waals surface area contributed by atoms with Crippen LogP contribution in [0, 0.1) is 11.6 Å². The molecule has 39 heavy (non-hydrogen) atoms. The minimum atomic E-state index is -4.10. The molecule has 3 aromatic rings. The number of hydrogen-bond donors (Lipinski definition) is 1. The van der Waals surface area contributed by atoms with Crippen LogP contribution >= 0.6 is 11.6 Å². The minimum absolute atomic E-state index is 0.0577. The van der Waals surface area contributed by atoms with E-state index in [0.29, 0.717) is 21.0 Å². The third kappa shape index (κ3) is 8.49. The predicted octanol–water partition coefficient (Wildman–Crippen LogP) is 4.55. The number of halogens is 3. The molecule has 1 N–H and O–H groups in total. The van der Waals surface area contributed by atoms with Gasteiger partial charge in [-0.1, -0.05) is 54.1 Å². The van der Waals surface area contributed by atoms with Gasteiger partial charge in [0.2, 0.25) is 21.8 Å². The molecule has 0 bridgehead atoms. The molecule has 11 heteroatoms. The van der Waals surface area contributed by atoms with Crippen molar-refractivity contribution in [2.45, 2.75) is 38.9 Å². The molecular formula is C28H30ClF2N3O4S. The SMILES string of the molecule is CC(C)NC(=O)[C@@H](Cc1ccccc1)N(Cc1cccc(Cl)c1)C(=O)CN(c1ccc(F)c(F)c1)S(C)(=O)=O. The van der Waals surface area contributed by atoms with Crippen molar-refractivity contribution in [3.8, 4) is 0 Å². The average molecular weight is 578 g/mol. The van der Waals surface area contributed by atoms with Crippen molar-refractivity contribution in [3.63, 3.8) is 0 Å². The average Bonchev–Trinajstić information content (AvgIpc) is 2.86. The molecule has 0 unspecified atom stereocenters. The maximum absolute atomic E-state index is 14.0. The van der Waals surface area contributed by atoms with E-state index in [1.54, 1.807) is 38.1 Å². The third-order valence-corrected chi connectivity index (χ3v) is 7.19. The molecule has 0 saturated heterocycles. The number of amides is 2. The van der Waals surface area contributed by atoms with Gasteiger partial charge in [-0.3, -0.25) is 13.9 Å². The standard InChI is InChI=1S/C28H30ClF2N3O4S/c1-19(2)32-28(36)26(15-20-8-5-4-6-9-20)33(17-21-10-7-11-22(29)14-21)27(35)18-34(39(3,37)38)23-12-13-24(30)25(31)16-23/h4-14,16,19,26H,15,17-18H2,1-3H3,(H,32,36)/t26-/m1/s1. The van der Waals surface area contributed by atoms with Gasteiger partial charge in [-0.15, -0.1) is 0 Å². The topological polar surface area (TPSA) is 86.8 Å². The molecule has 208 valence electrons. The van der Waals surface area contributed by atoms with Crippen molar-refractivity contribution in [1.29, 1.82) is 0 Å². The van der Waals surface area contributed by atoms with Gasteiger partial charge in [-0.2, -0.15) is 0 Å². The second kappa shape index (κ2) is 13.0. The van der Waals surface area contributed by atoms with Gasteiger partial charge in [0.05, 0.1) is 11.9 Å². The molecule has 1 atom stereocenters. The number of anilines is 1. The highest BCUT2D eigenvalue weighted by Gasteiger charge is 2.33. The van der Waals surface area contributed by atoms with E-state index in [1.807, 2.05) is 30.3 Å². The van der Waals surface area contributed by atoms with Gasteiger partial charge in [0.1, 0.15) is 12.6 Å². The molecule has 7 nitrogen and oxygen atoms in total. The second-order valence-corrected chi connectivity index (χ2v) is 11.7. The highest BCUT2D eigenvalue weighted by atomic mass is 35.5. The first-order valence-corrected chi connectivity index (χ1v) is 14.4. The van der Waals surface area contributed by atoms with Crippen molar-refractivity contribution in [1.82, 2.24) is 10.2 Å². The fraction of sp³-hybridized carbons (Fsp3) is 0.286. The zero-order chi connectivity index (χ0) is 28.7. The predicted molar refractivity (Wildman–Crippen MR) is 148 cm³/mol. The number of nitrogens with zero attached hydrogens (tertiary/aromatic N) is 2. The fourth-order valence-corrected chi connectivity index (χ4v) is 5.07. The molecule has 3 aromatic carbocycles. The first-order chi connectivity index (χ1) is 18.3. The number of benzene rings is 3. The summed E-state index contributed by atoms with van der Waals surface area (Å²) in [6.45, 7) is 2.77. The maximum Gasteiger partial charge on any atom is 0.244 e. The van der Waals surface area contributed by atoms with Crippen LogP contribution in [0.1, 0.15) is 25.0 Å². The molecule has 0 aliphatic carbocycles. The van der Waals surface area contributed by atoms with Crippen LogP contribution in [-0.2, 0) is 32.6 Å². The van der Waals surface area contributed by atoms with Gasteiger partial charge in [0.15, 0.2) is 11.6 Å². The Morgan fingerprint density at radius 1 is 0.923 bits per heavy atom. The lowest BCUT2D eigenvalue weighted by Gasteiger charge is -2.34. The second-order valence-electron chi connectivity index (χ2n) is 9.39. The van der Waals surface area contributed by atoms with Crippen molar-refractivity contribution < 1.29 is 26.8 Å². The quantitative estimate of drug-likeness (QED) is 0.362. The van der Waals surface area contributed by atoms with Gasteiger partial charge < -0.3 is 10.2 Å². The van der Waals surface area contributed by atoms with E-state index < -0.39 is 46.1 Å². The number of sulfonamides is 1. The lowest BCUT2D eigenvalue weighted by atomic mass is 10.0. The van der Waals surface area contributed by atoms with E-state index in [0.717, 1.165) is 24.0 Å². The van der Waals surface area contributed by atoms with Crippen LogP contribution in [0.5, 0.6) is 0 Å². The molecule has 0 aliphatic rings. The van der Waals surface area contributed by atoms with E-state index in [-0.39, 0.29) is 24.7 Å². The summed E-state index contributed by atoms with van der Waals surface area (Å²) in [6.07, 6.45) is 1.01. The van der Waals surface area contributed by atoms with E-state index in [1.165, 1.54) is 4.90 Å². The van der Waals surface area contributed by atoms with Crippen LogP contribution in [0.3, 0.4) is 0 Å². The normalized spacial score (nSPS) is 12.2. The Kier molecular flexibility index (Phi) is 10.0. The van der Waals surface area contributed by atoms with Crippen molar-refractivity contribution in [3.05, 3.63) is 101 Å². The zero-order valence-corrected chi connectivity index (χ0v) is 23.3. The molecule has 0 saturated carbocycles. The smallest absolute Gasteiger partial charge is 0.244 e. The zero-order valence-electron chi connectivity index (χ0n) is 21.8. The van der Waals surface area contributed by atoms with Crippen molar-refractivity contribution in [2.75, 3.05) is 17.1 Å². The van der Waals surface area contributed by atoms with Crippen LogP contribution in [-0.4, -0.2) is 50.0 Å². The number of carbonyl (C=O) groups excluding carboxylic acids is 2. The van der Waals surface area contributed by atoms with Crippen LogP contribution in [0.2, 0.25) is 5.02 Å². The molecule has 0 fully saturated rings. The fourth-order valence-electron chi connectivity index (χ4n) is 4.02. The highest BCUT2D eigenvalue weighted by molar-refractivity contribution is 7.92. The van der Waals surface area contributed by atoms with Crippen LogP contribution < -0.4 is 9.62 Å². The summed E-state index contributed by atoms with van der Waals surface area (Å²) in [5, 5.41) is 3.26. The number of carbonyl (C=O) groups is 2. The van der Waals surface area contributed by atoms with Crippen molar-refractivity contribution >= 4 is 39.1 Å². The summed E-state index contributed by atoms with van der Waals surface area (Å²) in [5.74, 6) is -3.56. The van der Waals surface area contributed by atoms with Gasteiger partial charge >= 0.3 is 0 Å². The van der Waals surface area contributed by atoms with E-state index in [9.17, 15) is 26.8 Å². The summed E-state index contributed by atoms with van der Waals surface area (Å²) >= 11 is 6.16. The number of rotatable bonds is 11. The van der Waals surface area contributed by atoms with E-state index >= 15 is 0 Å². The molecule has 0 heterocycles. The first-order valence-electron chi connectivity index (χ1n) is 12.2. The Morgan fingerprint density at radius 2 is 1.59 bits per heavy atom. The van der Waals surface area contributed by atoms with Crippen molar-refractivity contribution in [2.24, 2.45) is 0 Å². The van der Waals surface area contributed by atoms with Gasteiger partial charge in [-0.05, 0) is 49.2 Å². The van der Waals surface area contributed by atoms with Gasteiger partial charge in [-0.25, -0.2) is 17.2 Å². The first kappa shape index (κ1) is 30.0. The Labute approximate surface area is 232 Å². The molecule has 3 rings (SSSR count). The molecule has 0 radical (unpaired) electrons. The number of hydrogen-bond acceptors (Lipinski definition) is 4. The van der Waals surface area contributed by atoms with E-state index in [4.69, 9.17) is 11.6 Å². The maximum atomic E-state index is 14.0. The summed E-state index contributed by atoms with van der Waals surface area (Å²) in [4.78, 5) is 28.6. The largest absolute Gasteiger partial charge is 0.352 e. The molecule has 2 amide bonds. The van der Waals surface area contributed by atoms with E-state index in [2.05, 4.69) is 5.32 Å².